The summed E-state index contributed by atoms with van der Waals surface area (Å²) in [4.78, 5) is 11.9. The van der Waals surface area contributed by atoms with Crippen LogP contribution in [0.1, 0.15) is 45.7 Å². The molecule has 5 nitrogen and oxygen atoms in total. The minimum Gasteiger partial charge on any atom is -0.469 e. The lowest BCUT2D eigenvalue weighted by Crippen LogP contribution is -2.41. The molecule has 1 atom stereocenters. The molecular weight excluding hydrogens is 307 g/mol. The highest BCUT2D eigenvalue weighted by Gasteiger charge is 2.55. The number of esters is 1. The van der Waals surface area contributed by atoms with Gasteiger partial charge >= 0.3 is 13.1 Å². The van der Waals surface area contributed by atoms with E-state index < -0.39 is 18.3 Å². The number of furan rings is 1. The van der Waals surface area contributed by atoms with Crippen LogP contribution in [0.15, 0.2) is 34.7 Å². The van der Waals surface area contributed by atoms with Gasteiger partial charge in [0.1, 0.15) is 11.3 Å². The van der Waals surface area contributed by atoms with Gasteiger partial charge in [0.2, 0.25) is 0 Å². The van der Waals surface area contributed by atoms with Gasteiger partial charge in [-0.1, -0.05) is 18.2 Å². The van der Waals surface area contributed by atoms with Gasteiger partial charge in [-0.15, -0.1) is 0 Å². The zero-order chi connectivity index (χ0) is 17.5. The maximum atomic E-state index is 11.9. The third kappa shape index (κ3) is 2.96. The fourth-order valence-electron chi connectivity index (χ4n) is 2.83. The molecule has 6 heteroatoms. The van der Waals surface area contributed by atoms with Gasteiger partial charge in [0.05, 0.1) is 30.5 Å². The van der Waals surface area contributed by atoms with Gasteiger partial charge in [-0.05, 0) is 39.8 Å². The molecule has 1 fully saturated rings. The van der Waals surface area contributed by atoms with E-state index in [-0.39, 0.29) is 18.2 Å². The lowest BCUT2D eigenvalue weighted by molar-refractivity contribution is -0.140. The first kappa shape index (κ1) is 17.1. The predicted octanol–water partition coefficient (Wildman–Crippen LogP) is 3.71. The van der Waals surface area contributed by atoms with Gasteiger partial charge in [-0.25, -0.2) is 0 Å². The first-order valence-electron chi connectivity index (χ1n) is 8.14. The van der Waals surface area contributed by atoms with E-state index in [1.54, 1.807) is 0 Å². The zero-order valence-corrected chi connectivity index (χ0v) is 14.8. The van der Waals surface area contributed by atoms with Crippen molar-refractivity contribution in [2.75, 3.05) is 7.11 Å². The van der Waals surface area contributed by atoms with E-state index in [9.17, 15) is 4.79 Å². The standard InChI is InChI=1S/C18H23BO5/c1-17(2)18(3,4)24-19(23-17)13(11-16(20)21-5)15-10-12-8-6-7-9-14(12)22-15/h6-10,13H,11H2,1-5H3. The Labute approximate surface area is 142 Å². The Balaban J connectivity index is 1.96. The summed E-state index contributed by atoms with van der Waals surface area (Å²) in [6, 6.07) is 9.68. The van der Waals surface area contributed by atoms with Crippen LogP contribution in [-0.2, 0) is 18.8 Å². The van der Waals surface area contributed by atoms with Crippen LogP contribution in [0, 0.1) is 0 Å². The van der Waals surface area contributed by atoms with E-state index in [1.165, 1.54) is 7.11 Å². The second kappa shape index (κ2) is 5.94. The minimum absolute atomic E-state index is 0.132. The van der Waals surface area contributed by atoms with E-state index in [0.717, 1.165) is 11.0 Å². The van der Waals surface area contributed by atoms with Crippen molar-refractivity contribution in [3.63, 3.8) is 0 Å². The minimum atomic E-state index is -0.574. The molecule has 0 saturated carbocycles. The number of rotatable bonds is 4. The number of methoxy groups -OCH3 is 1. The van der Waals surface area contributed by atoms with Gasteiger partial charge in [-0.3, -0.25) is 4.79 Å². The van der Waals surface area contributed by atoms with Crippen LogP contribution in [0.25, 0.3) is 11.0 Å². The average Bonchev–Trinajstić information content (AvgIpc) is 3.02. The zero-order valence-electron chi connectivity index (χ0n) is 14.8. The molecule has 1 aromatic carbocycles. The number of para-hydroxylation sites is 1. The van der Waals surface area contributed by atoms with Gasteiger partial charge in [0.15, 0.2) is 0 Å². The van der Waals surface area contributed by atoms with Crippen molar-refractivity contribution >= 4 is 24.1 Å². The molecule has 0 spiro atoms. The fraction of sp³-hybridized carbons (Fsp3) is 0.500. The molecule has 3 rings (SSSR count). The summed E-state index contributed by atoms with van der Waals surface area (Å²) in [6.45, 7) is 7.95. The lowest BCUT2D eigenvalue weighted by atomic mass is 9.68. The van der Waals surface area contributed by atoms with Gasteiger partial charge in [0.25, 0.3) is 0 Å². The van der Waals surface area contributed by atoms with Crippen LogP contribution in [0.4, 0.5) is 0 Å². The third-order valence-corrected chi connectivity index (χ3v) is 5.02. The monoisotopic (exact) mass is 330 g/mol. The molecule has 1 aliphatic rings. The molecule has 0 N–H and O–H groups in total. The molecule has 128 valence electrons. The fourth-order valence-corrected chi connectivity index (χ4v) is 2.83. The number of ether oxygens (including phenoxy) is 1. The van der Waals surface area contributed by atoms with E-state index in [0.29, 0.717) is 5.76 Å². The summed E-state index contributed by atoms with van der Waals surface area (Å²) >= 11 is 0. The normalized spacial score (nSPS) is 20.3. The summed E-state index contributed by atoms with van der Waals surface area (Å²) in [5.74, 6) is -0.0267. The number of carbonyl (C=O) groups is 1. The SMILES string of the molecule is COC(=O)CC(B1OC(C)(C)C(C)(C)O1)c1cc2ccccc2o1. The average molecular weight is 330 g/mol. The van der Waals surface area contributed by atoms with Gasteiger partial charge < -0.3 is 18.5 Å². The molecule has 0 radical (unpaired) electrons. The number of benzene rings is 1. The molecule has 1 unspecified atom stereocenters. The second-order valence-corrected chi connectivity index (χ2v) is 7.20. The molecule has 24 heavy (non-hydrogen) atoms. The molecule has 1 aliphatic heterocycles. The maximum absolute atomic E-state index is 11.9. The van der Waals surface area contributed by atoms with Crippen molar-refractivity contribution in [1.29, 1.82) is 0 Å². The number of hydrogen-bond donors (Lipinski definition) is 0. The van der Waals surface area contributed by atoms with Crippen molar-refractivity contribution in [3.05, 3.63) is 36.1 Å². The van der Waals surface area contributed by atoms with Crippen molar-refractivity contribution in [1.82, 2.24) is 0 Å². The Kier molecular flexibility index (Phi) is 4.22. The largest absolute Gasteiger partial charge is 0.469 e. The Morgan fingerprint density at radius 2 is 1.79 bits per heavy atom. The van der Waals surface area contributed by atoms with Crippen LogP contribution in [0.2, 0.25) is 0 Å². The molecule has 0 bridgehead atoms. The second-order valence-electron chi connectivity index (χ2n) is 7.20. The third-order valence-electron chi connectivity index (χ3n) is 5.02. The lowest BCUT2D eigenvalue weighted by Gasteiger charge is -2.32. The van der Waals surface area contributed by atoms with Crippen LogP contribution in [0.5, 0.6) is 0 Å². The van der Waals surface area contributed by atoms with Crippen molar-refractivity contribution in [2.24, 2.45) is 0 Å². The molecular formula is C18H23BO5. The van der Waals surface area contributed by atoms with Gasteiger partial charge in [0, 0.05) is 5.39 Å². The molecule has 0 aliphatic carbocycles. The van der Waals surface area contributed by atoms with Crippen molar-refractivity contribution in [2.45, 2.75) is 51.1 Å². The summed E-state index contributed by atoms with van der Waals surface area (Å²) in [6.07, 6.45) is 0.132. The van der Waals surface area contributed by atoms with E-state index in [2.05, 4.69) is 0 Å². The van der Waals surface area contributed by atoms with Crippen LogP contribution >= 0.6 is 0 Å². The Morgan fingerprint density at radius 3 is 2.38 bits per heavy atom. The molecule has 1 saturated heterocycles. The summed E-state index contributed by atoms with van der Waals surface area (Å²) < 4.78 is 23.1. The Bertz CT molecular complexity index is 700. The quantitative estimate of drug-likeness (QED) is 0.632. The summed E-state index contributed by atoms with van der Waals surface area (Å²) in [5, 5.41) is 0.985. The van der Waals surface area contributed by atoms with Gasteiger partial charge in [-0.2, -0.15) is 0 Å². The molecule has 2 heterocycles. The Morgan fingerprint density at radius 1 is 1.17 bits per heavy atom. The predicted molar refractivity (Wildman–Crippen MR) is 91.7 cm³/mol. The topological polar surface area (TPSA) is 57.9 Å². The highest BCUT2D eigenvalue weighted by molar-refractivity contribution is 6.48. The van der Waals surface area contributed by atoms with Crippen LogP contribution in [-0.4, -0.2) is 31.4 Å². The maximum Gasteiger partial charge on any atom is 0.469 e. The highest BCUT2D eigenvalue weighted by Crippen LogP contribution is 2.42. The van der Waals surface area contributed by atoms with E-state index in [4.69, 9.17) is 18.5 Å². The number of carbonyl (C=O) groups excluding carboxylic acids is 1. The Hall–Kier alpha value is -1.79. The summed E-state index contributed by atoms with van der Waals surface area (Å²) in [5.41, 5.74) is -0.172. The first-order valence-corrected chi connectivity index (χ1v) is 8.14. The smallest absolute Gasteiger partial charge is 0.469 e. The highest BCUT2D eigenvalue weighted by atomic mass is 16.7. The van der Waals surface area contributed by atoms with Crippen LogP contribution < -0.4 is 0 Å². The first-order chi connectivity index (χ1) is 11.2. The number of hydrogen-bond acceptors (Lipinski definition) is 5. The molecule has 0 amide bonds. The number of fused-ring (bicyclic) bond motifs is 1. The van der Waals surface area contributed by atoms with E-state index >= 15 is 0 Å². The van der Waals surface area contributed by atoms with Crippen molar-refractivity contribution < 1.29 is 23.3 Å². The van der Waals surface area contributed by atoms with Crippen molar-refractivity contribution in [3.8, 4) is 0 Å². The summed E-state index contributed by atoms with van der Waals surface area (Å²) in [7, 11) is 0.803. The van der Waals surface area contributed by atoms with E-state index in [1.807, 2.05) is 58.0 Å². The van der Waals surface area contributed by atoms with Crippen LogP contribution in [0.3, 0.4) is 0 Å². The molecule has 1 aromatic heterocycles. The molecule has 2 aromatic rings.